The van der Waals surface area contributed by atoms with E-state index in [0.717, 1.165) is 10.5 Å². The Labute approximate surface area is 177 Å². The van der Waals surface area contributed by atoms with Crippen molar-refractivity contribution in [3.8, 4) is 0 Å². The summed E-state index contributed by atoms with van der Waals surface area (Å²) in [7, 11) is 0. The molecule has 1 heterocycles. The number of hydrogen-bond donors (Lipinski definition) is 1. The minimum absolute atomic E-state index is 0.0210. The molecule has 4 amide bonds. The summed E-state index contributed by atoms with van der Waals surface area (Å²) in [5.74, 6) is -0.637. The summed E-state index contributed by atoms with van der Waals surface area (Å²) in [6.07, 6.45) is 0.274. The molecular formula is C22H31N3O5. The number of ether oxygens (including phenoxy) is 1. The fraction of sp³-hybridized carbons (Fsp3) is 0.545. The first kappa shape index (κ1) is 23.4. The van der Waals surface area contributed by atoms with Crippen LogP contribution in [0.3, 0.4) is 0 Å². The van der Waals surface area contributed by atoms with Crippen LogP contribution in [0.5, 0.6) is 0 Å². The van der Waals surface area contributed by atoms with Gasteiger partial charge in [0.2, 0.25) is 0 Å². The highest BCUT2D eigenvalue weighted by molar-refractivity contribution is 6.38. The van der Waals surface area contributed by atoms with E-state index in [0.29, 0.717) is 24.2 Å². The number of aliphatic imine (C=N–C) groups is 1. The van der Waals surface area contributed by atoms with Gasteiger partial charge in [0.05, 0.1) is 5.54 Å². The zero-order valence-electron chi connectivity index (χ0n) is 18.1. The van der Waals surface area contributed by atoms with Crippen molar-refractivity contribution in [2.24, 2.45) is 10.9 Å². The lowest BCUT2D eigenvalue weighted by atomic mass is 10.1. The van der Waals surface area contributed by atoms with Crippen LogP contribution in [0, 0.1) is 5.92 Å². The Morgan fingerprint density at radius 1 is 1.13 bits per heavy atom. The Morgan fingerprint density at radius 2 is 1.80 bits per heavy atom. The molecule has 0 radical (unpaired) electrons. The van der Waals surface area contributed by atoms with Crippen LogP contribution in [0.2, 0.25) is 0 Å². The standard InChI is InChI=1S/C22H31N3O5/c1-16(2)12-14-25(21(28)29)20(27)24(13-8-11-17-9-6-5-7-10-17)19(26)18-23-22(3,4)15-30-18/h5-7,9-10,16H,8,11-15H2,1-4H3,(H,28,29). The van der Waals surface area contributed by atoms with Crippen molar-refractivity contribution in [2.45, 2.75) is 52.5 Å². The molecule has 1 aromatic carbocycles. The lowest BCUT2D eigenvalue weighted by Gasteiger charge is -2.26. The van der Waals surface area contributed by atoms with Gasteiger partial charge in [-0.25, -0.2) is 19.5 Å². The summed E-state index contributed by atoms with van der Waals surface area (Å²) in [6.45, 7) is 7.85. The van der Waals surface area contributed by atoms with Crippen molar-refractivity contribution in [3.05, 3.63) is 35.9 Å². The van der Waals surface area contributed by atoms with Crippen LogP contribution in [-0.4, -0.2) is 64.1 Å². The molecule has 0 atom stereocenters. The van der Waals surface area contributed by atoms with Crippen LogP contribution in [0.15, 0.2) is 35.3 Å². The molecule has 2 rings (SSSR count). The minimum atomic E-state index is -1.38. The summed E-state index contributed by atoms with van der Waals surface area (Å²) in [5, 5.41) is 9.54. The summed E-state index contributed by atoms with van der Waals surface area (Å²) >= 11 is 0. The number of imide groups is 2. The maximum Gasteiger partial charge on any atom is 0.415 e. The molecule has 0 aliphatic carbocycles. The van der Waals surface area contributed by atoms with Crippen LogP contribution in [0.25, 0.3) is 0 Å². The third-order valence-corrected chi connectivity index (χ3v) is 4.71. The topological polar surface area (TPSA) is 99.5 Å². The van der Waals surface area contributed by atoms with Gasteiger partial charge in [0.15, 0.2) is 0 Å². The molecular weight excluding hydrogens is 386 g/mol. The highest BCUT2D eigenvalue weighted by Crippen LogP contribution is 2.19. The van der Waals surface area contributed by atoms with Gasteiger partial charge >= 0.3 is 18.0 Å². The van der Waals surface area contributed by atoms with Gasteiger partial charge in [-0.2, -0.15) is 0 Å². The number of hydrogen-bond acceptors (Lipinski definition) is 5. The normalized spacial score (nSPS) is 14.8. The highest BCUT2D eigenvalue weighted by Gasteiger charge is 2.37. The summed E-state index contributed by atoms with van der Waals surface area (Å²) < 4.78 is 5.40. The monoisotopic (exact) mass is 417 g/mol. The van der Waals surface area contributed by atoms with Gasteiger partial charge < -0.3 is 9.84 Å². The van der Waals surface area contributed by atoms with Crippen molar-refractivity contribution in [2.75, 3.05) is 19.7 Å². The molecule has 0 unspecified atom stereocenters. The van der Waals surface area contributed by atoms with E-state index in [1.165, 1.54) is 0 Å². The predicted molar refractivity (Wildman–Crippen MR) is 114 cm³/mol. The van der Waals surface area contributed by atoms with Gasteiger partial charge in [-0.15, -0.1) is 0 Å². The van der Waals surface area contributed by atoms with E-state index in [9.17, 15) is 19.5 Å². The van der Waals surface area contributed by atoms with E-state index in [1.807, 2.05) is 58.0 Å². The number of benzene rings is 1. The average Bonchev–Trinajstić information content (AvgIpc) is 3.05. The first-order chi connectivity index (χ1) is 14.1. The molecule has 0 spiro atoms. The zero-order valence-corrected chi connectivity index (χ0v) is 18.1. The van der Waals surface area contributed by atoms with Gasteiger partial charge in [-0.1, -0.05) is 44.2 Å². The van der Waals surface area contributed by atoms with E-state index in [-0.39, 0.29) is 31.5 Å². The van der Waals surface area contributed by atoms with E-state index in [1.54, 1.807) is 0 Å². The maximum atomic E-state index is 13.0. The average molecular weight is 418 g/mol. The quantitative estimate of drug-likeness (QED) is 0.693. The molecule has 1 N–H and O–H groups in total. The Morgan fingerprint density at radius 3 is 2.33 bits per heavy atom. The molecule has 1 aliphatic rings. The molecule has 8 nitrogen and oxygen atoms in total. The molecule has 0 saturated heterocycles. The first-order valence-corrected chi connectivity index (χ1v) is 10.2. The fourth-order valence-corrected chi connectivity index (χ4v) is 2.99. The Kier molecular flexibility index (Phi) is 7.97. The maximum absolute atomic E-state index is 13.0. The number of aryl methyl sites for hydroxylation is 1. The second-order valence-corrected chi connectivity index (χ2v) is 8.46. The molecule has 30 heavy (non-hydrogen) atoms. The SMILES string of the molecule is CC(C)CCN(C(=O)O)C(=O)N(CCCc1ccccc1)C(=O)C1=NC(C)(C)CO1. The summed E-state index contributed by atoms with van der Waals surface area (Å²) in [5.41, 5.74) is 0.510. The second kappa shape index (κ2) is 10.2. The number of rotatable bonds is 8. The fourth-order valence-electron chi connectivity index (χ4n) is 2.99. The van der Waals surface area contributed by atoms with Crippen molar-refractivity contribution in [1.29, 1.82) is 0 Å². The van der Waals surface area contributed by atoms with Crippen molar-refractivity contribution in [1.82, 2.24) is 9.80 Å². The Hall–Kier alpha value is -2.90. The number of urea groups is 1. The molecule has 0 aromatic heterocycles. The molecule has 0 saturated carbocycles. The van der Waals surface area contributed by atoms with Gasteiger partial charge in [0.25, 0.3) is 5.90 Å². The number of carboxylic acid groups (broad SMARTS) is 1. The van der Waals surface area contributed by atoms with Crippen LogP contribution < -0.4 is 0 Å². The van der Waals surface area contributed by atoms with Crippen molar-refractivity contribution in [3.63, 3.8) is 0 Å². The van der Waals surface area contributed by atoms with E-state index < -0.39 is 23.6 Å². The molecule has 1 aromatic rings. The van der Waals surface area contributed by atoms with E-state index >= 15 is 0 Å². The van der Waals surface area contributed by atoms with E-state index in [4.69, 9.17) is 4.74 Å². The van der Waals surface area contributed by atoms with Crippen molar-refractivity contribution < 1.29 is 24.2 Å². The van der Waals surface area contributed by atoms with Crippen LogP contribution in [0.1, 0.15) is 46.1 Å². The second-order valence-electron chi connectivity index (χ2n) is 8.46. The molecule has 8 heteroatoms. The summed E-state index contributed by atoms with van der Waals surface area (Å²) in [6, 6.07) is 8.83. The minimum Gasteiger partial charge on any atom is -0.471 e. The molecule has 164 valence electrons. The van der Waals surface area contributed by atoms with Crippen LogP contribution in [0.4, 0.5) is 9.59 Å². The van der Waals surface area contributed by atoms with Crippen LogP contribution >= 0.6 is 0 Å². The zero-order chi connectivity index (χ0) is 22.3. The Balaban J connectivity index is 2.19. The third kappa shape index (κ3) is 6.57. The molecule has 1 aliphatic heterocycles. The van der Waals surface area contributed by atoms with Gasteiger partial charge in [0.1, 0.15) is 6.61 Å². The number of carbonyl (C=O) groups is 3. The third-order valence-electron chi connectivity index (χ3n) is 4.71. The Bertz CT molecular complexity index is 789. The number of carbonyl (C=O) groups excluding carboxylic acids is 2. The largest absolute Gasteiger partial charge is 0.471 e. The smallest absolute Gasteiger partial charge is 0.415 e. The molecule has 0 fully saturated rings. The van der Waals surface area contributed by atoms with Gasteiger partial charge in [-0.3, -0.25) is 9.69 Å². The summed E-state index contributed by atoms with van der Waals surface area (Å²) in [4.78, 5) is 43.6. The highest BCUT2D eigenvalue weighted by atomic mass is 16.5. The predicted octanol–water partition coefficient (Wildman–Crippen LogP) is 3.80. The number of nitrogens with zero attached hydrogens (tertiary/aromatic N) is 3. The first-order valence-electron chi connectivity index (χ1n) is 10.2. The lowest BCUT2D eigenvalue weighted by Crippen LogP contribution is -2.51. The van der Waals surface area contributed by atoms with Crippen molar-refractivity contribution >= 4 is 23.9 Å². The van der Waals surface area contributed by atoms with Gasteiger partial charge in [0, 0.05) is 13.1 Å². The lowest BCUT2D eigenvalue weighted by molar-refractivity contribution is -0.123. The van der Waals surface area contributed by atoms with Crippen LogP contribution in [-0.2, 0) is 16.0 Å². The van der Waals surface area contributed by atoms with E-state index in [2.05, 4.69) is 4.99 Å². The van der Waals surface area contributed by atoms with Gasteiger partial charge in [-0.05, 0) is 44.6 Å². The number of amides is 4. The molecule has 0 bridgehead atoms.